The van der Waals surface area contributed by atoms with Crippen LogP contribution < -0.4 is 5.73 Å². The molecule has 2 unspecified atom stereocenters. The van der Waals surface area contributed by atoms with E-state index in [0.717, 1.165) is 29.4 Å². The topological polar surface area (TPSA) is 55.0 Å². The Kier molecular flexibility index (Phi) is 2.87. The molecule has 88 valence electrons. The molecule has 0 aliphatic carbocycles. The van der Waals surface area contributed by atoms with Crippen molar-refractivity contribution in [3.05, 3.63) is 10.0 Å². The molecule has 2 aliphatic rings. The first-order chi connectivity index (χ1) is 7.74. The number of halogens is 1. The second-order valence-electron chi connectivity index (χ2n) is 4.78. The minimum absolute atomic E-state index is 0.387. The monoisotopic (exact) mass is 258 g/mol. The van der Waals surface area contributed by atoms with Gasteiger partial charge in [0, 0.05) is 36.2 Å². The maximum atomic E-state index is 6.05. The van der Waals surface area contributed by atoms with Crippen molar-refractivity contribution in [2.45, 2.75) is 50.4 Å². The summed E-state index contributed by atoms with van der Waals surface area (Å²) >= 11 is 7.32. The maximum absolute atomic E-state index is 6.05. The van der Waals surface area contributed by atoms with Gasteiger partial charge in [0.2, 0.25) is 0 Å². The summed E-state index contributed by atoms with van der Waals surface area (Å²) in [5, 5.41) is 4.09. The van der Waals surface area contributed by atoms with E-state index >= 15 is 0 Å². The van der Waals surface area contributed by atoms with E-state index in [1.807, 2.05) is 0 Å². The van der Waals surface area contributed by atoms with Gasteiger partial charge in [0.05, 0.1) is 0 Å². The van der Waals surface area contributed by atoms with Gasteiger partial charge in [-0.2, -0.15) is 0 Å². The van der Waals surface area contributed by atoms with E-state index in [1.165, 1.54) is 24.4 Å². The van der Waals surface area contributed by atoms with E-state index in [-0.39, 0.29) is 0 Å². The third kappa shape index (κ3) is 1.86. The first kappa shape index (κ1) is 10.9. The average Bonchev–Trinajstić information content (AvgIpc) is 2.73. The Bertz CT molecular complexity index is 369. The molecule has 1 aromatic rings. The average molecular weight is 259 g/mol. The van der Waals surface area contributed by atoms with E-state index in [1.54, 1.807) is 0 Å². The van der Waals surface area contributed by atoms with Crippen LogP contribution in [0.15, 0.2) is 0 Å². The van der Waals surface area contributed by atoms with Gasteiger partial charge in [-0.05, 0) is 25.7 Å². The molecule has 3 heterocycles. The summed E-state index contributed by atoms with van der Waals surface area (Å²) in [6, 6.07) is 1.65. The summed E-state index contributed by atoms with van der Waals surface area (Å²) in [6.07, 6.45) is 4.78. The molecular weight excluding hydrogens is 244 g/mol. The molecule has 1 aromatic heterocycles. The fourth-order valence-corrected chi connectivity index (χ4v) is 3.65. The van der Waals surface area contributed by atoms with E-state index in [4.69, 9.17) is 17.3 Å². The lowest BCUT2D eigenvalue weighted by Gasteiger charge is -2.37. The van der Waals surface area contributed by atoms with Crippen LogP contribution in [0.3, 0.4) is 0 Å². The zero-order valence-electron chi connectivity index (χ0n) is 8.97. The van der Waals surface area contributed by atoms with Crippen molar-refractivity contribution in [2.24, 2.45) is 5.73 Å². The molecule has 6 heteroatoms. The number of nitrogens with zero attached hydrogens (tertiary/aromatic N) is 3. The van der Waals surface area contributed by atoms with E-state index in [2.05, 4.69) is 14.5 Å². The number of hydrogen-bond donors (Lipinski definition) is 1. The van der Waals surface area contributed by atoms with Gasteiger partial charge < -0.3 is 5.73 Å². The third-order valence-corrected chi connectivity index (χ3v) is 4.75. The lowest BCUT2D eigenvalue weighted by molar-refractivity contribution is 0.118. The Morgan fingerprint density at radius 1 is 1.38 bits per heavy atom. The van der Waals surface area contributed by atoms with Gasteiger partial charge in [-0.1, -0.05) is 16.1 Å². The Morgan fingerprint density at radius 3 is 2.62 bits per heavy atom. The van der Waals surface area contributed by atoms with Crippen LogP contribution in [-0.4, -0.2) is 32.6 Å². The van der Waals surface area contributed by atoms with Crippen LogP contribution in [0.4, 0.5) is 0 Å². The van der Waals surface area contributed by atoms with Crippen LogP contribution in [0.1, 0.15) is 31.4 Å². The van der Waals surface area contributed by atoms with Crippen molar-refractivity contribution in [3.63, 3.8) is 0 Å². The summed E-state index contributed by atoms with van der Waals surface area (Å²) in [5.74, 6) is 0. The normalized spacial score (nSPS) is 34.5. The quantitative estimate of drug-likeness (QED) is 0.876. The third-order valence-electron chi connectivity index (χ3n) is 3.76. The fraction of sp³-hybridized carbons (Fsp3) is 0.800. The number of hydrogen-bond acceptors (Lipinski definition) is 5. The molecule has 16 heavy (non-hydrogen) atoms. The van der Waals surface area contributed by atoms with Gasteiger partial charge >= 0.3 is 0 Å². The molecule has 2 atom stereocenters. The molecule has 2 aliphatic heterocycles. The summed E-state index contributed by atoms with van der Waals surface area (Å²) in [4.78, 5) is 2.52. The molecule has 2 N–H and O–H groups in total. The predicted octanol–water partition coefficient (Wildman–Crippen LogP) is 1.65. The molecule has 2 fully saturated rings. The van der Waals surface area contributed by atoms with E-state index in [0.29, 0.717) is 18.1 Å². The van der Waals surface area contributed by atoms with Gasteiger partial charge in [0.15, 0.2) is 0 Å². The zero-order valence-corrected chi connectivity index (χ0v) is 10.5. The number of piperidine rings is 1. The lowest BCUT2D eigenvalue weighted by atomic mass is 9.98. The van der Waals surface area contributed by atoms with Crippen LogP contribution in [-0.2, 0) is 6.54 Å². The van der Waals surface area contributed by atoms with Gasteiger partial charge in [0.25, 0.3) is 0 Å². The largest absolute Gasteiger partial charge is 0.328 e. The second-order valence-corrected chi connectivity index (χ2v) is 6.14. The van der Waals surface area contributed by atoms with Crippen LogP contribution in [0.5, 0.6) is 0 Å². The summed E-state index contributed by atoms with van der Waals surface area (Å²) in [7, 11) is 0. The molecule has 0 amide bonds. The van der Waals surface area contributed by atoms with Crippen molar-refractivity contribution in [1.29, 1.82) is 0 Å². The number of rotatable bonds is 2. The van der Waals surface area contributed by atoms with Crippen LogP contribution in [0, 0.1) is 0 Å². The van der Waals surface area contributed by atoms with Crippen LogP contribution >= 0.6 is 23.1 Å². The van der Waals surface area contributed by atoms with Crippen molar-refractivity contribution >= 4 is 23.1 Å². The maximum Gasteiger partial charge on any atom is 0.138 e. The summed E-state index contributed by atoms with van der Waals surface area (Å²) in [5.41, 5.74) is 6.97. The predicted molar refractivity (Wildman–Crippen MR) is 64.5 cm³/mol. The SMILES string of the molecule is NC1CC2CCC(C1)N2Cc1nnsc1Cl. The number of fused-ring (bicyclic) bond motifs is 2. The lowest BCUT2D eigenvalue weighted by Crippen LogP contribution is -2.46. The summed E-state index contributed by atoms with van der Waals surface area (Å²) < 4.78 is 4.61. The Balaban J connectivity index is 1.75. The molecule has 3 rings (SSSR count). The number of nitrogens with two attached hydrogens (primary N) is 1. The van der Waals surface area contributed by atoms with E-state index in [9.17, 15) is 0 Å². The molecule has 0 radical (unpaired) electrons. The molecule has 4 nitrogen and oxygen atoms in total. The highest BCUT2D eigenvalue weighted by atomic mass is 35.5. The molecule has 0 aromatic carbocycles. The Labute approximate surface area is 104 Å². The highest BCUT2D eigenvalue weighted by Gasteiger charge is 2.39. The highest BCUT2D eigenvalue weighted by Crippen LogP contribution is 2.36. The Morgan fingerprint density at radius 2 is 2.06 bits per heavy atom. The van der Waals surface area contributed by atoms with Crippen molar-refractivity contribution in [2.75, 3.05) is 0 Å². The highest BCUT2D eigenvalue weighted by molar-refractivity contribution is 7.10. The van der Waals surface area contributed by atoms with Gasteiger partial charge in [-0.25, -0.2) is 0 Å². The summed E-state index contributed by atoms with van der Waals surface area (Å²) in [6.45, 7) is 0.845. The first-order valence-electron chi connectivity index (χ1n) is 5.72. The van der Waals surface area contributed by atoms with E-state index < -0.39 is 0 Å². The Hall–Kier alpha value is -0.230. The smallest absolute Gasteiger partial charge is 0.138 e. The van der Waals surface area contributed by atoms with Gasteiger partial charge in [-0.3, -0.25) is 4.90 Å². The zero-order chi connectivity index (χ0) is 11.1. The molecule has 0 saturated carbocycles. The van der Waals surface area contributed by atoms with Crippen molar-refractivity contribution < 1.29 is 0 Å². The minimum Gasteiger partial charge on any atom is -0.328 e. The molecule has 0 spiro atoms. The molecular formula is C10H15ClN4S. The van der Waals surface area contributed by atoms with Crippen LogP contribution in [0.2, 0.25) is 4.34 Å². The minimum atomic E-state index is 0.387. The van der Waals surface area contributed by atoms with Crippen molar-refractivity contribution in [1.82, 2.24) is 14.5 Å². The fourth-order valence-electron chi connectivity index (χ4n) is 3.04. The van der Waals surface area contributed by atoms with Crippen LogP contribution in [0.25, 0.3) is 0 Å². The second kappa shape index (κ2) is 4.22. The molecule has 2 saturated heterocycles. The molecule has 2 bridgehead atoms. The van der Waals surface area contributed by atoms with Crippen molar-refractivity contribution in [3.8, 4) is 0 Å². The van der Waals surface area contributed by atoms with Gasteiger partial charge in [0.1, 0.15) is 10.0 Å². The van der Waals surface area contributed by atoms with Gasteiger partial charge in [-0.15, -0.1) is 5.10 Å². The first-order valence-corrected chi connectivity index (χ1v) is 6.87. The number of aromatic nitrogens is 2. The standard InChI is InChI=1S/C10H15ClN4S/c11-10-9(13-14-16-10)5-15-7-1-2-8(15)4-6(12)3-7/h6-8H,1-5,12H2.